The van der Waals surface area contributed by atoms with Crippen LogP contribution < -0.4 is 4.74 Å². The molecule has 0 N–H and O–H groups in total. The van der Waals surface area contributed by atoms with Gasteiger partial charge in [0.2, 0.25) is 0 Å². The molecule has 0 spiro atoms. The van der Waals surface area contributed by atoms with Gasteiger partial charge in [-0.25, -0.2) is 0 Å². The van der Waals surface area contributed by atoms with Gasteiger partial charge in [-0.2, -0.15) is 0 Å². The third-order valence-corrected chi connectivity index (χ3v) is 2.71. The molecule has 0 aliphatic carbocycles. The molecular formula is C16H19O3. The summed E-state index contributed by atoms with van der Waals surface area (Å²) in [5, 5.41) is 2.20. The van der Waals surface area contributed by atoms with Crippen molar-refractivity contribution in [1.82, 2.24) is 0 Å². The normalized spacial score (nSPS) is 11.1. The van der Waals surface area contributed by atoms with Crippen LogP contribution >= 0.6 is 0 Å². The van der Waals surface area contributed by atoms with E-state index in [2.05, 4.69) is 12.1 Å². The minimum atomic E-state index is -0.324. The van der Waals surface area contributed by atoms with Gasteiger partial charge in [-0.15, -0.1) is 0 Å². The van der Waals surface area contributed by atoms with Gasteiger partial charge in [0.15, 0.2) is 6.29 Å². The third kappa shape index (κ3) is 3.94. The Balaban J connectivity index is 2.00. The van der Waals surface area contributed by atoms with Crippen LogP contribution in [-0.4, -0.2) is 26.1 Å². The summed E-state index contributed by atoms with van der Waals surface area (Å²) in [6.07, 6.45) is -0.324. The average Bonchev–Trinajstić information content (AvgIpc) is 2.45. The van der Waals surface area contributed by atoms with Gasteiger partial charge >= 0.3 is 0 Å². The summed E-state index contributed by atoms with van der Waals surface area (Å²) in [4.78, 5) is 0. The molecule has 0 heterocycles. The van der Waals surface area contributed by atoms with Crippen molar-refractivity contribution in [2.75, 3.05) is 19.8 Å². The van der Waals surface area contributed by atoms with Crippen LogP contribution in [0, 0.1) is 6.07 Å². The van der Waals surface area contributed by atoms with Gasteiger partial charge < -0.3 is 14.2 Å². The van der Waals surface area contributed by atoms with Crippen LogP contribution in [0.5, 0.6) is 5.75 Å². The first kappa shape index (κ1) is 13.8. The molecule has 0 aromatic heterocycles. The lowest BCUT2D eigenvalue weighted by molar-refractivity contribution is -0.152. The maximum atomic E-state index is 5.68. The molecule has 1 radical (unpaired) electrons. The summed E-state index contributed by atoms with van der Waals surface area (Å²) in [5.41, 5.74) is 0. The van der Waals surface area contributed by atoms with Gasteiger partial charge in [0.05, 0.1) is 0 Å². The van der Waals surface area contributed by atoms with Crippen molar-refractivity contribution in [3.05, 3.63) is 42.5 Å². The second kappa shape index (κ2) is 7.12. The van der Waals surface area contributed by atoms with Gasteiger partial charge in [0.1, 0.15) is 12.4 Å². The fourth-order valence-corrected chi connectivity index (χ4v) is 1.85. The summed E-state index contributed by atoms with van der Waals surface area (Å²) in [6.45, 7) is 5.46. The Morgan fingerprint density at radius 1 is 1.00 bits per heavy atom. The second-order valence-electron chi connectivity index (χ2n) is 4.06. The highest BCUT2D eigenvalue weighted by Crippen LogP contribution is 2.19. The zero-order chi connectivity index (χ0) is 13.5. The average molecular weight is 259 g/mol. The molecule has 2 aromatic carbocycles. The molecule has 0 bridgehead atoms. The molecule has 0 amide bonds. The maximum Gasteiger partial charge on any atom is 0.191 e. The van der Waals surface area contributed by atoms with E-state index in [9.17, 15) is 0 Å². The van der Waals surface area contributed by atoms with Crippen LogP contribution in [0.25, 0.3) is 10.8 Å². The van der Waals surface area contributed by atoms with Crippen LogP contribution in [0.2, 0.25) is 0 Å². The molecule has 0 saturated heterocycles. The van der Waals surface area contributed by atoms with Gasteiger partial charge in [0.25, 0.3) is 0 Å². The van der Waals surface area contributed by atoms with E-state index in [0.29, 0.717) is 25.6 Å². The van der Waals surface area contributed by atoms with Crippen LogP contribution in [0.4, 0.5) is 0 Å². The Bertz CT molecular complexity index is 504. The summed E-state index contributed by atoms with van der Waals surface area (Å²) in [7, 11) is 0. The Labute approximate surface area is 114 Å². The molecule has 0 saturated carbocycles. The van der Waals surface area contributed by atoms with E-state index in [4.69, 9.17) is 14.2 Å². The van der Waals surface area contributed by atoms with Crippen molar-refractivity contribution in [2.45, 2.75) is 20.1 Å². The zero-order valence-corrected chi connectivity index (χ0v) is 11.4. The number of fused-ring (bicyclic) bond motifs is 1. The Morgan fingerprint density at radius 2 is 1.74 bits per heavy atom. The van der Waals surface area contributed by atoms with E-state index in [1.54, 1.807) is 0 Å². The van der Waals surface area contributed by atoms with Gasteiger partial charge in [0, 0.05) is 19.3 Å². The van der Waals surface area contributed by atoms with E-state index < -0.39 is 0 Å². The van der Waals surface area contributed by atoms with Crippen molar-refractivity contribution < 1.29 is 14.2 Å². The van der Waals surface area contributed by atoms with Crippen molar-refractivity contribution in [3.8, 4) is 5.75 Å². The van der Waals surface area contributed by atoms with Crippen molar-refractivity contribution >= 4 is 10.8 Å². The highest BCUT2D eigenvalue weighted by Gasteiger charge is 2.09. The number of benzene rings is 2. The maximum absolute atomic E-state index is 5.68. The predicted octanol–water partition coefficient (Wildman–Crippen LogP) is 3.42. The second-order valence-corrected chi connectivity index (χ2v) is 4.06. The lowest BCUT2D eigenvalue weighted by atomic mass is 10.1. The summed E-state index contributed by atoms with van der Waals surface area (Å²) >= 11 is 0. The monoisotopic (exact) mass is 259 g/mol. The first-order valence-corrected chi connectivity index (χ1v) is 6.60. The molecule has 3 nitrogen and oxygen atoms in total. The molecule has 2 rings (SSSR count). The summed E-state index contributed by atoms with van der Waals surface area (Å²) in [6, 6.07) is 15.2. The lowest BCUT2D eigenvalue weighted by Gasteiger charge is -2.17. The molecule has 0 aliphatic rings. The minimum absolute atomic E-state index is 0.324. The van der Waals surface area contributed by atoms with Crippen molar-refractivity contribution in [1.29, 1.82) is 0 Å². The SMILES string of the molecule is CCOC(COc1[c]c2ccccc2cc1)OCC. The first-order chi connectivity index (χ1) is 9.33. The van der Waals surface area contributed by atoms with E-state index in [-0.39, 0.29) is 6.29 Å². The van der Waals surface area contributed by atoms with Gasteiger partial charge in [-0.3, -0.25) is 0 Å². The van der Waals surface area contributed by atoms with Crippen LogP contribution in [0.1, 0.15) is 13.8 Å². The molecular weight excluding hydrogens is 240 g/mol. The quantitative estimate of drug-likeness (QED) is 0.713. The highest BCUT2D eigenvalue weighted by atomic mass is 16.7. The zero-order valence-electron chi connectivity index (χ0n) is 11.4. The highest BCUT2D eigenvalue weighted by molar-refractivity contribution is 5.83. The predicted molar refractivity (Wildman–Crippen MR) is 75.3 cm³/mol. The lowest BCUT2D eigenvalue weighted by Crippen LogP contribution is -2.25. The number of hydrogen-bond acceptors (Lipinski definition) is 3. The molecule has 0 fully saturated rings. The van der Waals surface area contributed by atoms with Crippen LogP contribution in [0.3, 0.4) is 0 Å². The molecule has 19 heavy (non-hydrogen) atoms. The van der Waals surface area contributed by atoms with E-state index in [0.717, 1.165) is 10.8 Å². The Morgan fingerprint density at radius 3 is 2.47 bits per heavy atom. The van der Waals surface area contributed by atoms with E-state index in [1.807, 2.05) is 44.2 Å². The Kier molecular flexibility index (Phi) is 5.19. The number of hydrogen-bond donors (Lipinski definition) is 0. The van der Waals surface area contributed by atoms with Crippen molar-refractivity contribution in [2.24, 2.45) is 0 Å². The van der Waals surface area contributed by atoms with Crippen LogP contribution in [0.15, 0.2) is 36.4 Å². The first-order valence-electron chi connectivity index (χ1n) is 6.60. The molecule has 3 heteroatoms. The molecule has 2 aromatic rings. The summed E-state index contributed by atoms with van der Waals surface area (Å²) in [5.74, 6) is 0.711. The van der Waals surface area contributed by atoms with Crippen molar-refractivity contribution in [3.63, 3.8) is 0 Å². The molecule has 0 unspecified atom stereocenters. The smallest absolute Gasteiger partial charge is 0.191 e. The van der Waals surface area contributed by atoms with Crippen LogP contribution in [-0.2, 0) is 9.47 Å². The summed E-state index contributed by atoms with van der Waals surface area (Å²) < 4.78 is 16.5. The number of rotatable bonds is 7. The van der Waals surface area contributed by atoms with E-state index >= 15 is 0 Å². The topological polar surface area (TPSA) is 27.7 Å². The molecule has 0 aliphatic heterocycles. The number of ether oxygens (including phenoxy) is 3. The fraction of sp³-hybridized carbons (Fsp3) is 0.375. The van der Waals surface area contributed by atoms with E-state index in [1.165, 1.54) is 0 Å². The molecule has 0 atom stereocenters. The minimum Gasteiger partial charge on any atom is -0.488 e. The third-order valence-electron chi connectivity index (χ3n) is 2.71. The fourth-order valence-electron chi connectivity index (χ4n) is 1.85. The van der Waals surface area contributed by atoms with Gasteiger partial charge in [-0.1, -0.05) is 30.3 Å². The molecule has 101 valence electrons. The standard InChI is InChI=1S/C16H19O3/c1-3-17-16(18-4-2)12-19-15-10-9-13-7-5-6-8-14(13)11-15/h5-10,16H,3-4,12H2,1-2H3. The Hall–Kier alpha value is -1.58. The van der Waals surface area contributed by atoms with Gasteiger partial charge in [-0.05, 0) is 30.7 Å². The largest absolute Gasteiger partial charge is 0.488 e.